The molecule has 13 nitrogen and oxygen atoms in total. The summed E-state index contributed by atoms with van der Waals surface area (Å²) in [4.78, 5) is 83.3. The summed E-state index contributed by atoms with van der Waals surface area (Å²) in [5.74, 6) is -4.58. The van der Waals surface area contributed by atoms with Crippen molar-refractivity contribution in [3.8, 4) is 0 Å². The number of nitrogens with zero attached hydrogens (tertiary/aromatic N) is 2. The molecule has 2 N–H and O–H groups in total. The molecule has 2 rings (SSSR count). The maximum atomic E-state index is 13.7. The molecule has 0 aliphatic heterocycles. The Kier molecular flexibility index (Phi) is 11.0. The van der Waals surface area contributed by atoms with Crippen LogP contribution in [0.1, 0.15) is 54.8 Å². The Morgan fingerprint density at radius 3 is 1.95 bits per heavy atom. The van der Waals surface area contributed by atoms with Gasteiger partial charge in [-0.3, -0.25) is 18.9 Å². The van der Waals surface area contributed by atoms with Gasteiger partial charge in [-0.2, -0.15) is 0 Å². The summed E-state index contributed by atoms with van der Waals surface area (Å²) in [6, 6.07) is 13.0. The van der Waals surface area contributed by atoms with Crippen molar-refractivity contribution < 1.29 is 52.5 Å². The first-order valence-corrected chi connectivity index (χ1v) is 13.8. The van der Waals surface area contributed by atoms with Gasteiger partial charge in [0.1, 0.15) is 0 Å². The zero-order valence-corrected chi connectivity index (χ0v) is 23.6. The molecule has 0 aromatic heterocycles. The normalized spacial score (nSPS) is 12.1. The van der Waals surface area contributed by atoms with Gasteiger partial charge >= 0.3 is 31.9 Å². The highest BCUT2D eigenvalue weighted by atomic mass is 35.5. The zero-order valence-electron chi connectivity index (χ0n) is 22.0. The number of ether oxygens (including phenoxy) is 3. The molecule has 0 saturated heterocycles. The highest BCUT2D eigenvalue weighted by Crippen LogP contribution is 2.34. The predicted molar refractivity (Wildman–Crippen MR) is 140 cm³/mol. The fraction of sp³-hybridized carbons (Fsp3) is 0.320. The average molecular weight is 599 g/mol. The van der Waals surface area contributed by atoms with Crippen LogP contribution in [0.2, 0.25) is 5.02 Å². The zero-order chi connectivity index (χ0) is 30.3. The van der Waals surface area contributed by atoms with E-state index in [2.05, 4.69) is 4.74 Å². The molecule has 1 unspecified atom stereocenters. The Balaban J connectivity index is 2.59. The number of rotatable bonds is 8. The van der Waals surface area contributed by atoms with Crippen molar-refractivity contribution in [2.24, 2.45) is 0 Å². The Bertz CT molecular complexity index is 1290. The Hall–Kier alpha value is -3.77. The van der Waals surface area contributed by atoms with Gasteiger partial charge in [-0.25, -0.2) is 14.6 Å². The van der Waals surface area contributed by atoms with Crippen LogP contribution in [0.25, 0.3) is 0 Å². The third-order valence-electron chi connectivity index (χ3n) is 4.81. The fourth-order valence-electron chi connectivity index (χ4n) is 3.05. The summed E-state index contributed by atoms with van der Waals surface area (Å²) in [6.07, 6.45) is -5.80. The molecule has 216 valence electrons. The second kappa shape index (κ2) is 13.5. The van der Waals surface area contributed by atoms with E-state index in [9.17, 15) is 28.5 Å². The number of hydrogen-bond acceptors (Lipinski definition) is 9. The monoisotopic (exact) mass is 598 g/mol. The number of carbonyl (C=O) groups excluding carboxylic acids is 5. The van der Waals surface area contributed by atoms with Crippen molar-refractivity contribution in [3.63, 3.8) is 0 Å². The summed E-state index contributed by atoms with van der Waals surface area (Å²) in [6.45, 7) is 5.92. The molecule has 0 spiro atoms. The molecule has 1 atom stereocenters. The molecular weight excluding hydrogens is 571 g/mol. The molecule has 2 aromatic carbocycles. The minimum absolute atomic E-state index is 0.0918. The van der Waals surface area contributed by atoms with Gasteiger partial charge in [0.15, 0.2) is 6.35 Å². The highest BCUT2D eigenvalue weighted by molar-refractivity contribution is 7.51. The second-order valence-corrected chi connectivity index (χ2v) is 11.1. The number of esters is 2. The van der Waals surface area contributed by atoms with Crippen molar-refractivity contribution in [1.29, 1.82) is 0 Å². The molecule has 40 heavy (non-hydrogen) atoms. The quantitative estimate of drug-likeness (QED) is 0.196. The first-order valence-electron chi connectivity index (χ1n) is 11.7. The minimum Gasteiger partial charge on any atom is -0.447 e. The Labute approximate surface area is 234 Å². The van der Waals surface area contributed by atoms with Crippen LogP contribution in [-0.4, -0.2) is 67.8 Å². The van der Waals surface area contributed by atoms with E-state index in [0.29, 0.717) is 5.01 Å². The number of hydrogen-bond donors (Lipinski definition) is 2. The molecular formula is C25H28ClN2O11P. The lowest BCUT2D eigenvalue weighted by Crippen LogP contribution is -2.61. The van der Waals surface area contributed by atoms with Crippen molar-refractivity contribution in [1.82, 2.24) is 10.0 Å². The molecule has 3 amide bonds. The van der Waals surface area contributed by atoms with Crippen LogP contribution in [0, 0.1) is 0 Å². The molecule has 0 fully saturated rings. The standard InChI is InChI=1S/C25H28ClN2O11P/c1-5-19(29)38-23(22(32)37-15-40(34,35)36)39-24(33)27(20(30)17-11-13-18(26)14-12-17)28(25(2,3)4)21(31)16-9-7-6-8-10-16/h6-14,23H,5,15H2,1-4H3,(H2,34,35,36). The van der Waals surface area contributed by atoms with Crippen LogP contribution in [0.3, 0.4) is 0 Å². The lowest BCUT2D eigenvalue weighted by atomic mass is 10.1. The Morgan fingerprint density at radius 1 is 0.900 bits per heavy atom. The van der Waals surface area contributed by atoms with Crippen LogP contribution in [0.4, 0.5) is 4.79 Å². The van der Waals surface area contributed by atoms with E-state index < -0.39 is 55.6 Å². The maximum absolute atomic E-state index is 13.7. The van der Waals surface area contributed by atoms with E-state index in [1.807, 2.05) is 0 Å². The third-order valence-corrected chi connectivity index (χ3v) is 5.52. The summed E-state index contributed by atoms with van der Waals surface area (Å²) in [7, 11) is -4.85. The molecule has 2 aromatic rings. The maximum Gasteiger partial charge on any atom is 0.440 e. The molecule has 0 saturated carbocycles. The van der Waals surface area contributed by atoms with Gasteiger partial charge < -0.3 is 24.0 Å². The van der Waals surface area contributed by atoms with E-state index in [1.165, 1.54) is 64.1 Å². The van der Waals surface area contributed by atoms with Crippen molar-refractivity contribution in [2.75, 3.05) is 6.35 Å². The van der Waals surface area contributed by atoms with Gasteiger partial charge in [0.25, 0.3) is 11.8 Å². The molecule has 0 bridgehead atoms. The summed E-state index contributed by atoms with van der Waals surface area (Å²) in [5, 5.41) is 1.39. The topological polar surface area (TPSA) is 177 Å². The minimum atomic E-state index is -4.85. The van der Waals surface area contributed by atoms with Gasteiger partial charge in [-0.1, -0.05) is 36.7 Å². The van der Waals surface area contributed by atoms with Gasteiger partial charge in [-0.15, -0.1) is 5.01 Å². The molecule has 15 heteroatoms. The number of carbonyl (C=O) groups is 5. The largest absolute Gasteiger partial charge is 0.447 e. The van der Waals surface area contributed by atoms with Crippen LogP contribution in [0.5, 0.6) is 0 Å². The van der Waals surface area contributed by atoms with Crippen LogP contribution in [0.15, 0.2) is 54.6 Å². The summed E-state index contributed by atoms with van der Waals surface area (Å²) >= 11 is 5.92. The van der Waals surface area contributed by atoms with Crippen LogP contribution in [-0.2, 0) is 28.4 Å². The van der Waals surface area contributed by atoms with Gasteiger partial charge in [0, 0.05) is 22.6 Å². The van der Waals surface area contributed by atoms with E-state index in [1.54, 1.807) is 18.2 Å². The van der Waals surface area contributed by atoms with Gasteiger partial charge in [0.2, 0.25) is 0 Å². The van der Waals surface area contributed by atoms with Gasteiger partial charge in [-0.05, 0) is 57.2 Å². The summed E-state index contributed by atoms with van der Waals surface area (Å²) in [5.41, 5.74) is -1.28. The first kappa shape index (κ1) is 32.4. The second-order valence-electron chi connectivity index (χ2n) is 9.09. The molecule has 0 heterocycles. The number of amides is 3. The average Bonchev–Trinajstić information content (AvgIpc) is 2.88. The molecule has 0 aliphatic carbocycles. The van der Waals surface area contributed by atoms with Crippen molar-refractivity contribution in [3.05, 3.63) is 70.7 Å². The molecule has 0 aliphatic rings. The molecule has 0 radical (unpaired) electrons. The fourth-order valence-corrected chi connectivity index (χ4v) is 3.47. The van der Waals surface area contributed by atoms with E-state index in [0.717, 1.165) is 5.01 Å². The van der Waals surface area contributed by atoms with E-state index >= 15 is 0 Å². The number of halogens is 1. The smallest absolute Gasteiger partial charge is 0.440 e. The summed E-state index contributed by atoms with van der Waals surface area (Å²) < 4.78 is 25.4. The van der Waals surface area contributed by atoms with Crippen molar-refractivity contribution >= 4 is 49.0 Å². The number of hydrazine groups is 1. The van der Waals surface area contributed by atoms with E-state index in [4.69, 9.17) is 30.9 Å². The Morgan fingerprint density at radius 2 is 1.45 bits per heavy atom. The first-order chi connectivity index (χ1) is 18.5. The predicted octanol–water partition coefficient (Wildman–Crippen LogP) is 3.73. The van der Waals surface area contributed by atoms with Crippen molar-refractivity contribution in [2.45, 2.75) is 45.9 Å². The van der Waals surface area contributed by atoms with E-state index in [-0.39, 0.29) is 22.6 Å². The SMILES string of the molecule is CCC(=O)OC(OC(=O)N(C(=O)c1ccc(Cl)cc1)N(C(=O)c1ccccc1)C(C)(C)C)C(=O)OCP(=O)(O)O. The van der Waals surface area contributed by atoms with Crippen LogP contribution >= 0.6 is 19.2 Å². The number of imide groups is 1. The highest BCUT2D eigenvalue weighted by Gasteiger charge is 2.43. The number of benzene rings is 2. The third kappa shape index (κ3) is 9.16. The lowest BCUT2D eigenvalue weighted by Gasteiger charge is -2.41. The van der Waals surface area contributed by atoms with Crippen LogP contribution < -0.4 is 0 Å². The lowest BCUT2D eigenvalue weighted by molar-refractivity contribution is -0.192. The van der Waals surface area contributed by atoms with Gasteiger partial charge in [0.05, 0.1) is 5.54 Å².